The van der Waals surface area contributed by atoms with E-state index < -0.39 is 11.7 Å². The lowest BCUT2D eigenvalue weighted by Gasteiger charge is -2.22. The van der Waals surface area contributed by atoms with Crippen LogP contribution in [0.15, 0.2) is 18.2 Å². The summed E-state index contributed by atoms with van der Waals surface area (Å²) >= 11 is 1.24. The first-order chi connectivity index (χ1) is 9.93. The van der Waals surface area contributed by atoms with Crippen molar-refractivity contribution in [3.8, 4) is 0 Å². The van der Waals surface area contributed by atoms with Crippen LogP contribution in [0.4, 0.5) is 18.3 Å². The molecule has 8 heteroatoms. The second kappa shape index (κ2) is 5.18. The predicted octanol–water partition coefficient (Wildman–Crippen LogP) is 3.01. The highest BCUT2D eigenvalue weighted by Crippen LogP contribution is 2.34. The second-order valence-corrected chi connectivity index (χ2v) is 5.86. The van der Waals surface area contributed by atoms with Gasteiger partial charge in [0.25, 0.3) is 0 Å². The lowest BCUT2D eigenvalue weighted by Crippen LogP contribution is -2.44. The Morgan fingerprint density at radius 1 is 1.38 bits per heavy atom. The molecule has 0 aliphatic carbocycles. The van der Waals surface area contributed by atoms with E-state index in [4.69, 9.17) is 0 Å². The molecule has 0 bridgehead atoms. The Labute approximate surface area is 122 Å². The van der Waals surface area contributed by atoms with Crippen molar-refractivity contribution in [1.29, 1.82) is 0 Å². The van der Waals surface area contributed by atoms with Gasteiger partial charge in [0.05, 0.1) is 15.8 Å². The van der Waals surface area contributed by atoms with Crippen molar-refractivity contribution in [1.82, 2.24) is 10.3 Å². The maximum atomic E-state index is 12.7. The zero-order chi connectivity index (χ0) is 15.0. The maximum absolute atomic E-state index is 12.7. The van der Waals surface area contributed by atoms with E-state index in [1.807, 2.05) is 0 Å². The topological polar surface area (TPSA) is 54.0 Å². The number of carbonyl (C=O) groups is 1. The van der Waals surface area contributed by atoms with Gasteiger partial charge in [-0.25, -0.2) is 4.98 Å². The van der Waals surface area contributed by atoms with Gasteiger partial charge in [-0.3, -0.25) is 4.79 Å². The molecule has 0 saturated carbocycles. The van der Waals surface area contributed by atoms with Crippen LogP contribution < -0.4 is 10.6 Å². The molecule has 1 unspecified atom stereocenters. The highest BCUT2D eigenvalue weighted by atomic mass is 32.1. The van der Waals surface area contributed by atoms with E-state index in [0.717, 1.165) is 18.6 Å². The molecule has 0 spiro atoms. The van der Waals surface area contributed by atoms with Crippen LogP contribution in [-0.4, -0.2) is 23.5 Å². The highest BCUT2D eigenvalue weighted by Gasteiger charge is 2.31. The quantitative estimate of drug-likeness (QED) is 0.896. The molecule has 2 N–H and O–H groups in total. The molecule has 1 amide bonds. The van der Waals surface area contributed by atoms with E-state index in [9.17, 15) is 18.0 Å². The van der Waals surface area contributed by atoms with Crippen LogP contribution in [0.3, 0.4) is 0 Å². The Morgan fingerprint density at radius 3 is 2.90 bits per heavy atom. The van der Waals surface area contributed by atoms with Gasteiger partial charge in [0.1, 0.15) is 6.04 Å². The Kier molecular flexibility index (Phi) is 3.48. The van der Waals surface area contributed by atoms with Gasteiger partial charge in [-0.15, -0.1) is 0 Å². The van der Waals surface area contributed by atoms with Gasteiger partial charge in [0.2, 0.25) is 5.91 Å². The number of fused-ring (bicyclic) bond motifs is 1. The Bertz CT molecular complexity index is 683. The van der Waals surface area contributed by atoms with Gasteiger partial charge in [0, 0.05) is 6.54 Å². The van der Waals surface area contributed by atoms with Crippen LogP contribution >= 0.6 is 11.3 Å². The summed E-state index contributed by atoms with van der Waals surface area (Å²) in [4.78, 5) is 15.8. The molecular weight excluding hydrogens is 303 g/mol. The summed E-state index contributed by atoms with van der Waals surface area (Å²) in [6, 6.07) is 3.10. The Hall–Kier alpha value is -1.83. The molecule has 1 aliphatic rings. The third kappa shape index (κ3) is 2.94. The van der Waals surface area contributed by atoms with Crippen molar-refractivity contribution in [2.24, 2.45) is 0 Å². The largest absolute Gasteiger partial charge is 0.416 e. The van der Waals surface area contributed by atoms with Crippen LogP contribution in [0.25, 0.3) is 10.2 Å². The van der Waals surface area contributed by atoms with Gasteiger partial charge in [-0.2, -0.15) is 13.2 Å². The number of piperidine rings is 1. The van der Waals surface area contributed by atoms with Gasteiger partial charge in [-0.05, 0) is 31.0 Å². The van der Waals surface area contributed by atoms with Crippen molar-refractivity contribution in [3.63, 3.8) is 0 Å². The van der Waals surface area contributed by atoms with Gasteiger partial charge < -0.3 is 10.6 Å². The normalized spacial score (nSPS) is 19.6. The molecule has 3 rings (SSSR count). The number of amides is 1. The predicted molar refractivity (Wildman–Crippen MR) is 74.3 cm³/mol. The molecule has 1 saturated heterocycles. The number of alkyl halides is 3. The van der Waals surface area contributed by atoms with Crippen molar-refractivity contribution in [3.05, 3.63) is 23.8 Å². The van der Waals surface area contributed by atoms with E-state index in [0.29, 0.717) is 22.8 Å². The van der Waals surface area contributed by atoms with Gasteiger partial charge in [0.15, 0.2) is 5.13 Å². The summed E-state index contributed by atoms with van der Waals surface area (Å²) in [5, 5.41) is 6.20. The first-order valence-electron chi connectivity index (χ1n) is 6.45. The van der Waals surface area contributed by atoms with E-state index in [1.165, 1.54) is 17.4 Å². The number of carbonyl (C=O) groups excluding carboxylic acids is 1. The van der Waals surface area contributed by atoms with Gasteiger partial charge >= 0.3 is 6.18 Å². The summed E-state index contributed by atoms with van der Waals surface area (Å²) in [6.07, 6.45) is -2.82. The molecule has 2 aromatic rings. The molecule has 1 aromatic carbocycles. The minimum atomic E-state index is -4.38. The first-order valence-corrected chi connectivity index (χ1v) is 7.27. The fraction of sp³-hybridized carbons (Fsp3) is 0.385. The van der Waals surface area contributed by atoms with E-state index in [1.54, 1.807) is 0 Å². The van der Waals surface area contributed by atoms with E-state index in [2.05, 4.69) is 15.6 Å². The van der Waals surface area contributed by atoms with Crippen LogP contribution in [-0.2, 0) is 11.0 Å². The monoisotopic (exact) mass is 315 g/mol. The van der Waals surface area contributed by atoms with Crippen molar-refractivity contribution >= 4 is 32.6 Å². The van der Waals surface area contributed by atoms with E-state index >= 15 is 0 Å². The smallest absolute Gasteiger partial charge is 0.354 e. The molecular formula is C13H12F3N3OS. The number of thiazole rings is 1. The van der Waals surface area contributed by atoms with Crippen molar-refractivity contribution in [2.75, 3.05) is 11.9 Å². The Balaban J connectivity index is 1.85. The number of benzene rings is 1. The molecule has 112 valence electrons. The number of nitrogens with one attached hydrogen (secondary N) is 2. The zero-order valence-electron chi connectivity index (χ0n) is 10.8. The summed E-state index contributed by atoms with van der Waals surface area (Å²) in [5.74, 6) is -0.100. The minimum Gasteiger partial charge on any atom is -0.354 e. The third-order valence-electron chi connectivity index (χ3n) is 3.30. The third-order valence-corrected chi connectivity index (χ3v) is 4.27. The van der Waals surface area contributed by atoms with Crippen LogP contribution in [0.1, 0.15) is 18.4 Å². The number of nitrogens with zero attached hydrogens (tertiary/aromatic N) is 1. The number of hydrogen-bond acceptors (Lipinski definition) is 4. The van der Waals surface area contributed by atoms with E-state index in [-0.39, 0.29) is 17.5 Å². The average molecular weight is 315 g/mol. The van der Waals surface area contributed by atoms with Crippen molar-refractivity contribution in [2.45, 2.75) is 25.1 Å². The molecule has 4 nitrogen and oxygen atoms in total. The molecule has 1 aromatic heterocycles. The number of rotatable bonds is 2. The standard InChI is InChI=1S/C13H12F3N3OS/c14-13(15,16)7-3-4-10-9(6-7)19-12(21-10)18-8-2-1-5-17-11(8)20/h3-4,6,8H,1-2,5H2,(H,17,20)(H,18,19). The average Bonchev–Trinajstić information content (AvgIpc) is 2.81. The number of halogens is 3. The minimum absolute atomic E-state index is 0.100. The molecule has 1 aliphatic heterocycles. The maximum Gasteiger partial charge on any atom is 0.416 e. The van der Waals surface area contributed by atoms with Gasteiger partial charge in [-0.1, -0.05) is 11.3 Å². The lowest BCUT2D eigenvalue weighted by atomic mass is 10.1. The number of anilines is 1. The number of hydrogen-bond donors (Lipinski definition) is 2. The summed E-state index contributed by atoms with van der Waals surface area (Å²) in [6.45, 7) is 0.659. The fourth-order valence-electron chi connectivity index (χ4n) is 2.22. The molecule has 1 fully saturated rings. The SMILES string of the molecule is O=C1NCCCC1Nc1nc2cc(C(F)(F)F)ccc2s1. The number of aromatic nitrogens is 1. The van der Waals surface area contributed by atoms with Crippen molar-refractivity contribution < 1.29 is 18.0 Å². The lowest BCUT2D eigenvalue weighted by molar-refractivity contribution is -0.137. The molecule has 21 heavy (non-hydrogen) atoms. The molecule has 1 atom stereocenters. The van der Waals surface area contributed by atoms with Crippen LogP contribution in [0.2, 0.25) is 0 Å². The molecule has 0 radical (unpaired) electrons. The summed E-state index contributed by atoms with van der Waals surface area (Å²) in [7, 11) is 0. The highest BCUT2D eigenvalue weighted by molar-refractivity contribution is 7.22. The summed E-state index contributed by atoms with van der Waals surface area (Å²) in [5.41, 5.74) is -0.434. The molecule has 2 heterocycles. The fourth-order valence-corrected chi connectivity index (χ4v) is 3.12. The first kappa shape index (κ1) is 14.1. The van der Waals surface area contributed by atoms with Crippen LogP contribution in [0.5, 0.6) is 0 Å². The zero-order valence-corrected chi connectivity index (χ0v) is 11.6. The second-order valence-electron chi connectivity index (χ2n) is 4.83. The summed E-state index contributed by atoms with van der Waals surface area (Å²) < 4.78 is 38.6. The van der Waals surface area contributed by atoms with Crippen LogP contribution in [0, 0.1) is 0 Å². The Morgan fingerprint density at radius 2 is 2.19 bits per heavy atom.